The maximum Gasteiger partial charge on any atom is 0.235 e. The van der Waals surface area contributed by atoms with E-state index in [0.29, 0.717) is 19.1 Å². The number of nitrogens with two attached hydrogens (primary N) is 1. The number of carbonyl (C=O) groups is 2. The lowest BCUT2D eigenvalue weighted by molar-refractivity contribution is -0.134. The van der Waals surface area contributed by atoms with Gasteiger partial charge in [0.2, 0.25) is 11.8 Å². The minimum Gasteiger partial charge on any atom is -0.368 e. The molecule has 0 aromatic rings. The van der Waals surface area contributed by atoms with Gasteiger partial charge >= 0.3 is 0 Å². The Morgan fingerprint density at radius 3 is 2.15 bits per heavy atom. The first-order valence-electron chi connectivity index (χ1n) is 7.91. The highest BCUT2D eigenvalue weighted by Gasteiger charge is 2.25. The number of carbonyl (C=O) groups excluding carboxylic acids is 2. The predicted octanol–water partition coefficient (Wildman–Crippen LogP) is 1.41. The molecule has 1 unspecified atom stereocenters. The molecule has 0 aliphatic heterocycles. The van der Waals surface area contributed by atoms with Crippen molar-refractivity contribution in [2.24, 2.45) is 5.73 Å². The van der Waals surface area contributed by atoms with Crippen LogP contribution in [0.3, 0.4) is 0 Å². The van der Waals surface area contributed by atoms with Crippen molar-refractivity contribution in [3.05, 3.63) is 0 Å². The number of hydrogen-bond acceptors (Lipinski definition) is 3. The third-order valence-electron chi connectivity index (χ3n) is 4.13. The Kier molecular flexibility index (Phi) is 7.59. The standard InChI is InChI=1S/C15H29N3O2/c1-3-18(4-2)14(19)11-13(15(16)20)17-12-9-7-5-6-8-10-12/h12-13,17H,3-11H2,1-2H3,(H2,16,20). The maximum absolute atomic E-state index is 12.1. The van der Waals surface area contributed by atoms with Crippen LogP contribution in [-0.2, 0) is 9.59 Å². The first-order chi connectivity index (χ1) is 9.58. The largest absolute Gasteiger partial charge is 0.368 e. The van der Waals surface area contributed by atoms with E-state index in [4.69, 9.17) is 5.73 Å². The summed E-state index contributed by atoms with van der Waals surface area (Å²) in [5.74, 6) is -0.422. The summed E-state index contributed by atoms with van der Waals surface area (Å²) in [7, 11) is 0. The van der Waals surface area contributed by atoms with Gasteiger partial charge < -0.3 is 16.0 Å². The lowest BCUT2D eigenvalue weighted by atomic mass is 10.1. The van der Waals surface area contributed by atoms with E-state index in [9.17, 15) is 9.59 Å². The highest BCUT2D eigenvalue weighted by Crippen LogP contribution is 2.18. The number of primary amides is 1. The summed E-state index contributed by atoms with van der Waals surface area (Å²) in [5, 5.41) is 3.31. The molecule has 2 amide bonds. The highest BCUT2D eigenvalue weighted by atomic mass is 16.2. The Balaban J connectivity index is 2.55. The number of hydrogen-bond donors (Lipinski definition) is 2. The molecule has 0 aromatic heterocycles. The zero-order valence-electron chi connectivity index (χ0n) is 12.9. The lowest BCUT2D eigenvalue weighted by Crippen LogP contribution is -2.49. The fourth-order valence-corrected chi connectivity index (χ4v) is 2.85. The summed E-state index contributed by atoms with van der Waals surface area (Å²) in [4.78, 5) is 25.4. The monoisotopic (exact) mass is 283 g/mol. The van der Waals surface area contributed by atoms with Crippen molar-refractivity contribution in [1.29, 1.82) is 0 Å². The van der Waals surface area contributed by atoms with Crippen LogP contribution in [0, 0.1) is 0 Å². The van der Waals surface area contributed by atoms with Crippen molar-refractivity contribution in [2.75, 3.05) is 13.1 Å². The molecule has 1 rings (SSSR count). The Bertz CT molecular complexity index is 308. The van der Waals surface area contributed by atoms with E-state index in [1.165, 1.54) is 25.7 Å². The zero-order chi connectivity index (χ0) is 15.0. The van der Waals surface area contributed by atoms with Crippen LogP contribution in [0.15, 0.2) is 0 Å². The molecule has 0 saturated heterocycles. The molecule has 1 aliphatic carbocycles. The average Bonchev–Trinajstić information content (AvgIpc) is 2.68. The van der Waals surface area contributed by atoms with Crippen LogP contribution in [0.4, 0.5) is 0 Å². The second-order valence-corrected chi connectivity index (χ2v) is 5.58. The van der Waals surface area contributed by atoms with Gasteiger partial charge in [-0.1, -0.05) is 25.7 Å². The minimum atomic E-state index is -0.536. The molecule has 0 bridgehead atoms. The SMILES string of the molecule is CCN(CC)C(=O)CC(NC1CCCCCC1)C(N)=O. The van der Waals surface area contributed by atoms with E-state index >= 15 is 0 Å². The summed E-state index contributed by atoms with van der Waals surface area (Å²) in [5.41, 5.74) is 5.45. The molecule has 0 aromatic carbocycles. The quantitative estimate of drug-likeness (QED) is 0.694. The Hall–Kier alpha value is -1.10. The van der Waals surface area contributed by atoms with Crippen LogP contribution in [-0.4, -0.2) is 41.9 Å². The van der Waals surface area contributed by atoms with Crippen molar-refractivity contribution in [3.63, 3.8) is 0 Å². The average molecular weight is 283 g/mol. The second kappa shape index (κ2) is 8.95. The fraction of sp³-hybridized carbons (Fsp3) is 0.867. The van der Waals surface area contributed by atoms with Gasteiger partial charge in [0.05, 0.1) is 12.5 Å². The fourth-order valence-electron chi connectivity index (χ4n) is 2.85. The molecule has 1 saturated carbocycles. The van der Waals surface area contributed by atoms with Crippen LogP contribution in [0.5, 0.6) is 0 Å². The van der Waals surface area contributed by atoms with Gasteiger partial charge in [0.1, 0.15) is 0 Å². The van der Waals surface area contributed by atoms with Gasteiger partial charge in [-0.2, -0.15) is 0 Å². The van der Waals surface area contributed by atoms with Crippen LogP contribution in [0.2, 0.25) is 0 Å². The molecule has 5 heteroatoms. The molecule has 0 heterocycles. The smallest absolute Gasteiger partial charge is 0.235 e. The van der Waals surface area contributed by atoms with Crippen molar-refractivity contribution in [1.82, 2.24) is 10.2 Å². The van der Waals surface area contributed by atoms with E-state index in [1.54, 1.807) is 4.90 Å². The van der Waals surface area contributed by atoms with Gasteiger partial charge in [0.25, 0.3) is 0 Å². The van der Waals surface area contributed by atoms with Crippen molar-refractivity contribution in [2.45, 2.75) is 70.9 Å². The van der Waals surface area contributed by atoms with Gasteiger partial charge in [-0.25, -0.2) is 0 Å². The third-order valence-corrected chi connectivity index (χ3v) is 4.13. The zero-order valence-corrected chi connectivity index (χ0v) is 12.9. The summed E-state index contributed by atoms with van der Waals surface area (Å²) in [6.45, 7) is 5.23. The lowest BCUT2D eigenvalue weighted by Gasteiger charge is -2.25. The molecule has 3 N–H and O–H groups in total. The van der Waals surface area contributed by atoms with Crippen molar-refractivity contribution in [3.8, 4) is 0 Å². The van der Waals surface area contributed by atoms with Gasteiger partial charge in [0, 0.05) is 19.1 Å². The van der Waals surface area contributed by atoms with E-state index in [0.717, 1.165) is 12.8 Å². The first kappa shape index (κ1) is 17.0. The molecule has 1 atom stereocenters. The van der Waals surface area contributed by atoms with Crippen molar-refractivity contribution >= 4 is 11.8 Å². The number of amides is 2. The number of nitrogens with one attached hydrogen (secondary N) is 1. The highest BCUT2D eigenvalue weighted by molar-refractivity contribution is 5.87. The minimum absolute atomic E-state index is 0.0000723. The van der Waals surface area contributed by atoms with Crippen LogP contribution < -0.4 is 11.1 Å². The molecule has 20 heavy (non-hydrogen) atoms. The number of nitrogens with zero attached hydrogens (tertiary/aromatic N) is 1. The van der Waals surface area contributed by atoms with Gasteiger partial charge in [-0.3, -0.25) is 9.59 Å². The summed E-state index contributed by atoms with van der Waals surface area (Å²) >= 11 is 0. The van der Waals surface area contributed by atoms with E-state index in [-0.39, 0.29) is 12.3 Å². The molecule has 0 radical (unpaired) electrons. The maximum atomic E-state index is 12.1. The van der Waals surface area contributed by atoms with Crippen molar-refractivity contribution < 1.29 is 9.59 Å². The molecule has 1 aliphatic rings. The second-order valence-electron chi connectivity index (χ2n) is 5.58. The summed E-state index contributed by atoms with van der Waals surface area (Å²) in [6.07, 6.45) is 7.22. The Labute approximate surface area is 122 Å². The first-order valence-corrected chi connectivity index (χ1v) is 7.91. The normalized spacial score (nSPS) is 18.3. The van der Waals surface area contributed by atoms with Gasteiger partial charge in [-0.15, -0.1) is 0 Å². The topological polar surface area (TPSA) is 75.4 Å². The Morgan fingerprint density at radius 1 is 1.15 bits per heavy atom. The summed E-state index contributed by atoms with van der Waals surface area (Å²) in [6, 6.07) is -0.217. The molecule has 0 spiro atoms. The molecule has 1 fully saturated rings. The van der Waals surface area contributed by atoms with Crippen LogP contribution in [0.1, 0.15) is 58.8 Å². The van der Waals surface area contributed by atoms with Gasteiger partial charge in [0.15, 0.2) is 0 Å². The third kappa shape index (κ3) is 5.49. The van der Waals surface area contributed by atoms with Gasteiger partial charge in [-0.05, 0) is 26.7 Å². The van der Waals surface area contributed by atoms with E-state index in [1.807, 2.05) is 13.8 Å². The van der Waals surface area contributed by atoms with Crippen LogP contribution in [0.25, 0.3) is 0 Å². The Morgan fingerprint density at radius 2 is 1.70 bits per heavy atom. The molecular formula is C15H29N3O2. The van der Waals surface area contributed by atoms with Crippen LogP contribution >= 0.6 is 0 Å². The van der Waals surface area contributed by atoms with E-state index < -0.39 is 11.9 Å². The molecular weight excluding hydrogens is 254 g/mol. The van der Waals surface area contributed by atoms with E-state index in [2.05, 4.69) is 5.32 Å². The number of rotatable bonds is 7. The molecule has 5 nitrogen and oxygen atoms in total. The predicted molar refractivity (Wildman–Crippen MR) is 80.2 cm³/mol. The summed E-state index contributed by atoms with van der Waals surface area (Å²) < 4.78 is 0. The molecule has 116 valence electrons.